The lowest BCUT2D eigenvalue weighted by Crippen LogP contribution is -2.19. The lowest BCUT2D eigenvalue weighted by atomic mass is 9.88. The number of phenolic OH excluding ortho intramolecular Hbond substituents is 1. The fourth-order valence-electron chi connectivity index (χ4n) is 2.50. The quantitative estimate of drug-likeness (QED) is 0.384. The second-order valence-electron chi connectivity index (χ2n) is 4.40. The van der Waals surface area contributed by atoms with Gasteiger partial charge in [-0.15, -0.1) is 0 Å². The van der Waals surface area contributed by atoms with Gasteiger partial charge in [0.1, 0.15) is 11.3 Å². The summed E-state index contributed by atoms with van der Waals surface area (Å²) >= 11 is 0. The van der Waals surface area contributed by atoms with E-state index < -0.39 is 10.5 Å². The molecule has 1 aromatic carbocycles. The number of rotatable bonds is 3. The smallest absolute Gasteiger partial charge is 0.270 e. The number of nitro benzene ring substituents is 1. The Morgan fingerprint density at radius 3 is 2.61 bits per heavy atom. The SMILES string of the molecule is O=C=NC1(c2cc([N+](=O)[O-])ccc2O)CCCC1. The molecule has 1 aromatic rings. The molecule has 18 heavy (non-hydrogen) atoms. The molecule has 0 spiro atoms. The van der Waals surface area contributed by atoms with E-state index in [0.29, 0.717) is 18.4 Å². The Morgan fingerprint density at radius 2 is 2.06 bits per heavy atom. The van der Waals surface area contributed by atoms with E-state index in [1.54, 1.807) is 0 Å². The summed E-state index contributed by atoms with van der Waals surface area (Å²) in [5.74, 6) is -0.0681. The first-order chi connectivity index (χ1) is 8.59. The molecule has 1 aliphatic carbocycles. The Balaban J connectivity index is 2.57. The van der Waals surface area contributed by atoms with Crippen LogP contribution >= 0.6 is 0 Å². The molecule has 6 nitrogen and oxygen atoms in total. The average Bonchev–Trinajstić information content (AvgIpc) is 2.79. The van der Waals surface area contributed by atoms with E-state index in [4.69, 9.17) is 0 Å². The number of nitrogens with zero attached hydrogens (tertiary/aromatic N) is 2. The third-order valence-electron chi connectivity index (χ3n) is 3.38. The van der Waals surface area contributed by atoms with Crippen LogP contribution in [0.4, 0.5) is 5.69 Å². The van der Waals surface area contributed by atoms with Gasteiger partial charge in [-0.25, -0.2) is 4.79 Å². The van der Waals surface area contributed by atoms with Crippen molar-refractivity contribution < 1.29 is 14.8 Å². The van der Waals surface area contributed by atoms with E-state index in [1.807, 2.05) is 0 Å². The maximum absolute atomic E-state index is 10.8. The highest BCUT2D eigenvalue weighted by Gasteiger charge is 2.38. The third kappa shape index (κ3) is 1.98. The molecule has 0 aliphatic heterocycles. The Bertz CT molecular complexity index is 529. The van der Waals surface area contributed by atoms with Gasteiger partial charge in [-0.05, 0) is 18.9 Å². The maximum atomic E-state index is 10.8. The lowest BCUT2D eigenvalue weighted by Gasteiger charge is -2.23. The number of phenols is 1. The number of aliphatic imine (C=N–C) groups is 1. The fourth-order valence-corrected chi connectivity index (χ4v) is 2.50. The zero-order valence-corrected chi connectivity index (χ0v) is 9.63. The predicted molar refractivity (Wildman–Crippen MR) is 63.0 cm³/mol. The van der Waals surface area contributed by atoms with E-state index >= 15 is 0 Å². The first-order valence-electron chi connectivity index (χ1n) is 5.66. The molecular formula is C12H12N2O4. The second kappa shape index (κ2) is 4.58. The van der Waals surface area contributed by atoms with Crippen LogP contribution in [0, 0.1) is 10.1 Å². The van der Waals surface area contributed by atoms with Gasteiger partial charge in [0.25, 0.3) is 5.69 Å². The summed E-state index contributed by atoms with van der Waals surface area (Å²) < 4.78 is 0. The Hall–Kier alpha value is -2.20. The molecular weight excluding hydrogens is 236 g/mol. The summed E-state index contributed by atoms with van der Waals surface area (Å²) in [6, 6.07) is 3.79. The van der Waals surface area contributed by atoms with Gasteiger partial charge in [-0.3, -0.25) is 10.1 Å². The first-order valence-corrected chi connectivity index (χ1v) is 5.66. The number of isocyanates is 1. The molecule has 1 saturated carbocycles. The van der Waals surface area contributed by atoms with E-state index in [-0.39, 0.29) is 11.4 Å². The summed E-state index contributed by atoms with van der Waals surface area (Å²) in [5, 5.41) is 20.6. The standard InChI is InChI=1S/C12H12N2O4/c15-8-13-12(5-1-2-6-12)10-7-9(14(17)18)3-4-11(10)16/h3-4,7,16H,1-2,5-6H2. The van der Waals surface area contributed by atoms with Crippen molar-refractivity contribution in [3.05, 3.63) is 33.9 Å². The summed E-state index contributed by atoms with van der Waals surface area (Å²) in [6.45, 7) is 0. The third-order valence-corrected chi connectivity index (χ3v) is 3.38. The van der Waals surface area contributed by atoms with E-state index in [2.05, 4.69) is 4.99 Å². The topological polar surface area (TPSA) is 92.8 Å². The molecule has 0 bridgehead atoms. The largest absolute Gasteiger partial charge is 0.508 e. The van der Waals surface area contributed by atoms with Crippen molar-refractivity contribution in [1.29, 1.82) is 0 Å². The molecule has 0 radical (unpaired) electrons. The Labute approximate surface area is 103 Å². The van der Waals surface area contributed by atoms with Crippen LogP contribution in [-0.4, -0.2) is 16.1 Å². The van der Waals surface area contributed by atoms with Gasteiger partial charge in [-0.2, -0.15) is 4.99 Å². The molecule has 0 aromatic heterocycles. The van der Waals surface area contributed by atoms with Gasteiger partial charge in [0.2, 0.25) is 6.08 Å². The van der Waals surface area contributed by atoms with Crippen molar-refractivity contribution in [3.8, 4) is 5.75 Å². The van der Waals surface area contributed by atoms with Crippen LogP contribution in [0.1, 0.15) is 31.2 Å². The summed E-state index contributed by atoms with van der Waals surface area (Å²) in [7, 11) is 0. The highest BCUT2D eigenvalue weighted by molar-refractivity contribution is 5.49. The van der Waals surface area contributed by atoms with Crippen LogP contribution in [0.3, 0.4) is 0 Å². The number of aromatic hydroxyl groups is 1. The normalized spacial score (nSPS) is 17.1. The minimum atomic E-state index is -0.849. The highest BCUT2D eigenvalue weighted by Crippen LogP contribution is 2.46. The number of benzene rings is 1. The minimum absolute atomic E-state index is 0.0681. The monoisotopic (exact) mass is 248 g/mol. The number of hydrogen-bond acceptors (Lipinski definition) is 5. The number of carbonyl (C=O) groups excluding carboxylic acids is 1. The van der Waals surface area contributed by atoms with Gasteiger partial charge in [-0.1, -0.05) is 12.8 Å². The maximum Gasteiger partial charge on any atom is 0.270 e. The van der Waals surface area contributed by atoms with Crippen LogP contribution < -0.4 is 0 Å². The Morgan fingerprint density at radius 1 is 1.39 bits per heavy atom. The van der Waals surface area contributed by atoms with Gasteiger partial charge >= 0.3 is 0 Å². The average molecular weight is 248 g/mol. The molecule has 0 heterocycles. The lowest BCUT2D eigenvalue weighted by molar-refractivity contribution is -0.385. The van der Waals surface area contributed by atoms with Gasteiger partial charge in [0.05, 0.1) is 4.92 Å². The first kappa shape index (κ1) is 12.3. The van der Waals surface area contributed by atoms with Crippen LogP contribution in [0.25, 0.3) is 0 Å². The van der Waals surface area contributed by atoms with E-state index in [1.165, 1.54) is 24.3 Å². The van der Waals surface area contributed by atoms with Crippen molar-refractivity contribution in [2.45, 2.75) is 31.2 Å². The number of nitro groups is 1. The molecule has 0 saturated heterocycles. The zero-order valence-electron chi connectivity index (χ0n) is 9.63. The zero-order chi connectivity index (χ0) is 13.2. The second-order valence-corrected chi connectivity index (χ2v) is 4.40. The molecule has 0 unspecified atom stereocenters. The molecule has 1 aliphatic rings. The summed E-state index contributed by atoms with van der Waals surface area (Å²) in [4.78, 5) is 24.6. The fraction of sp³-hybridized carbons (Fsp3) is 0.417. The van der Waals surface area contributed by atoms with Gasteiger partial charge < -0.3 is 5.11 Å². The van der Waals surface area contributed by atoms with Crippen LogP contribution in [-0.2, 0) is 10.3 Å². The molecule has 0 amide bonds. The molecule has 2 rings (SSSR count). The molecule has 1 N–H and O–H groups in total. The summed E-state index contributed by atoms with van der Waals surface area (Å²) in [5.41, 5.74) is -0.620. The van der Waals surface area contributed by atoms with Crippen LogP contribution in [0.2, 0.25) is 0 Å². The highest BCUT2D eigenvalue weighted by atomic mass is 16.6. The predicted octanol–water partition coefficient (Wildman–Crippen LogP) is 2.41. The van der Waals surface area contributed by atoms with Crippen LogP contribution in [0.15, 0.2) is 23.2 Å². The van der Waals surface area contributed by atoms with Gasteiger partial charge in [0.15, 0.2) is 0 Å². The van der Waals surface area contributed by atoms with Crippen LogP contribution in [0.5, 0.6) is 5.75 Å². The van der Waals surface area contributed by atoms with Crippen molar-refractivity contribution in [2.75, 3.05) is 0 Å². The van der Waals surface area contributed by atoms with Crippen molar-refractivity contribution in [2.24, 2.45) is 4.99 Å². The minimum Gasteiger partial charge on any atom is -0.508 e. The molecule has 0 atom stereocenters. The Kier molecular flexibility index (Phi) is 3.12. The summed E-state index contributed by atoms with van der Waals surface area (Å²) in [6.07, 6.45) is 4.44. The number of non-ortho nitro benzene ring substituents is 1. The molecule has 6 heteroatoms. The van der Waals surface area contributed by atoms with Crippen molar-refractivity contribution in [3.63, 3.8) is 0 Å². The molecule has 1 fully saturated rings. The van der Waals surface area contributed by atoms with E-state index in [9.17, 15) is 20.0 Å². The van der Waals surface area contributed by atoms with Crippen molar-refractivity contribution >= 4 is 11.8 Å². The molecule has 94 valence electrons. The van der Waals surface area contributed by atoms with Gasteiger partial charge in [0, 0.05) is 17.7 Å². The van der Waals surface area contributed by atoms with Crippen molar-refractivity contribution in [1.82, 2.24) is 0 Å². The van der Waals surface area contributed by atoms with E-state index in [0.717, 1.165) is 12.8 Å². The number of hydrogen-bond donors (Lipinski definition) is 1.